The fourth-order valence-electron chi connectivity index (χ4n) is 9.37. The number of nitrogens with zero attached hydrogens (tertiary/aromatic N) is 2. The Labute approximate surface area is 425 Å². The van der Waals surface area contributed by atoms with Crippen molar-refractivity contribution in [3.8, 4) is 5.75 Å². The number of phenols is 1. The van der Waals surface area contributed by atoms with Gasteiger partial charge in [0.1, 0.15) is 5.75 Å². The van der Waals surface area contributed by atoms with Crippen LogP contribution in [0.5, 0.6) is 5.75 Å². The van der Waals surface area contributed by atoms with Crippen LogP contribution >= 0.6 is 17.6 Å². The number of rotatable bonds is 19. The molecule has 0 radical (unpaired) electrons. The van der Waals surface area contributed by atoms with Gasteiger partial charge in [0.2, 0.25) is 0 Å². The number of hydrogen-bond acceptors (Lipinski definition) is 6. The molecule has 0 aromatic heterocycles. The number of carbonyl (C=O) groups excluding carboxylic acids is 1. The van der Waals surface area contributed by atoms with Crippen LogP contribution in [0.1, 0.15) is 197 Å². The molecular weight excluding hydrogens is 972 g/mol. The van der Waals surface area contributed by atoms with Crippen molar-refractivity contribution in [2.45, 2.75) is 205 Å². The number of hydrogen-bond donors (Lipinski definition) is 1. The summed E-state index contributed by atoms with van der Waals surface area (Å²) in [6, 6.07) is 19.8. The van der Waals surface area contributed by atoms with E-state index in [-0.39, 0.29) is 41.0 Å². The molecule has 3 aromatic carbocycles. The molecule has 0 bridgehead atoms. The van der Waals surface area contributed by atoms with Gasteiger partial charge in [-0.2, -0.15) is 0 Å². The Morgan fingerprint density at radius 2 is 1.26 bits per heavy atom. The second kappa shape index (κ2) is 39.4. The minimum atomic E-state index is -0.504. The Balaban J connectivity index is 0.000000314. The summed E-state index contributed by atoms with van der Waals surface area (Å²) in [5.74, 6) is -0.107. The first kappa shape index (κ1) is 60.8. The van der Waals surface area contributed by atoms with E-state index in [1.807, 2.05) is 56.3 Å². The van der Waals surface area contributed by atoms with E-state index in [2.05, 4.69) is 48.7 Å². The molecule has 3 saturated carbocycles. The van der Waals surface area contributed by atoms with Crippen molar-refractivity contribution in [1.82, 2.24) is 0 Å². The van der Waals surface area contributed by atoms with E-state index in [0.29, 0.717) is 18.6 Å². The monoisotopic (exact) mass is 1060 g/mol. The average Bonchev–Trinajstić information content (AvgIpc) is 3.35. The van der Waals surface area contributed by atoms with Crippen LogP contribution in [0.25, 0.3) is 0 Å². The number of ether oxygens (including phenoxy) is 1. The van der Waals surface area contributed by atoms with Gasteiger partial charge in [0.15, 0.2) is 0 Å². The molecule has 7 nitrogen and oxygen atoms in total. The molecule has 379 valence electrons. The first-order valence-corrected chi connectivity index (χ1v) is 31.0. The van der Waals surface area contributed by atoms with E-state index < -0.39 is 4.92 Å². The Hall–Kier alpha value is -3.31. The van der Waals surface area contributed by atoms with Crippen molar-refractivity contribution in [3.05, 3.63) is 124 Å². The number of allylic oxidation sites excluding steroid dienone is 1. The second-order valence-corrected chi connectivity index (χ2v) is 23.8. The number of nitro benzene ring substituents is 1. The zero-order valence-corrected chi connectivity index (χ0v) is 45.9. The van der Waals surface area contributed by atoms with Crippen LogP contribution < -0.4 is 0 Å². The van der Waals surface area contributed by atoms with E-state index in [4.69, 9.17) is 14.4 Å². The summed E-state index contributed by atoms with van der Waals surface area (Å²) >= 11 is -0.0765. The first-order valence-electron chi connectivity index (χ1n) is 26.0. The van der Waals surface area contributed by atoms with Crippen LogP contribution in [0.15, 0.2) is 97.0 Å². The van der Waals surface area contributed by atoms with Crippen LogP contribution in [-0.4, -0.2) is 50.4 Å². The SMILES string of the molecule is C1CCC([PH+](C2CCCCC2)C2CCCCC2)CC1.C=CCCCCCCCCC(=O)OCCC=C.CCC.Cc1cccc(C)c1N=Cc1cc([N+](=O)[O-])ccc1O.[Cl][Ru]=[CH]c1ccccc1. The Kier molecular flexibility index (Phi) is 35.3. The molecule has 0 atom stereocenters. The molecular formula is C58H88ClN2O5PRu+. The van der Waals surface area contributed by atoms with Crippen LogP contribution in [0.3, 0.4) is 0 Å². The van der Waals surface area contributed by atoms with E-state index in [1.54, 1.807) is 102 Å². The zero-order chi connectivity index (χ0) is 49.6. The van der Waals surface area contributed by atoms with E-state index in [0.717, 1.165) is 42.5 Å². The number of aromatic hydroxyl groups is 1. The molecule has 10 heteroatoms. The number of para-hydroxylation sites is 1. The summed E-state index contributed by atoms with van der Waals surface area (Å²) in [5, 5.41) is 20.4. The Morgan fingerprint density at radius 3 is 1.75 bits per heavy atom. The third-order valence-corrected chi connectivity index (χ3v) is 18.6. The zero-order valence-electron chi connectivity index (χ0n) is 42.4. The van der Waals surface area contributed by atoms with Gasteiger partial charge in [0.25, 0.3) is 5.69 Å². The van der Waals surface area contributed by atoms with Gasteiger partial charge in [0.05, 0.1) is 34.2 Å². The molecule has 0 aliphatic heterocycles. The summed E-state index contributed by atoms with van der Waals surface area (Å²) in [6.45, 7) is 15.9. The van der Waals surface area contributed by atoms with E-state index in [9.17, 15) is 20.0 Å². The number of carbonyl (C=O) groups is 1. The number of aryl methyl sites for hydroxylation is 2. The predicted octanol–water partition coefficient (Wildman–Crippen LogP) is 17.8. The molecule has 0 saturated heterocycles. The first-order chi connectivity index (χ1) is 33.1. The maximum atomic E-state index is 11.2. The predicted molar refractivity (Wildman–Crippen MR) is 293 cm³/mol. The number of benzene rings is 3. The molecule has 0 spiro atoms. The fourth-order valence-corrected chi connectivity index (χ4v) is 15.7. The molecule has 3 fully saturated rings. The quantitative estimate of drug-likeness (QED) is 0.0188. The summed E-state index contributed by atoms with van der Waals surface area (Å²) < 4.78 is 7.08. The van der Waals surface area contributed by atoms with Gasteiger partial charge in [-0.05, 0) is 134 Å². The third-order valence-electron chi connectivity index (χ3n) is 12.8. The van der Waals surface area contributed by atoms with Gasteiger partial charge in [-0.25, -0.2) is 0 Å². The number of nitro groups is 1. The molecule has 0 amide bonds. The van der Waals surface area contributed by atoms with E-state index >= 15 is 0 Å². The number of unbranched alkanes of at least 4 members (excludes halogenated alkanes) is 6. The number of phenolic OH excluding ortho intramolecular Hbond substituents is 1. The van der Waals surface area contributed by atoms with Gasteiger partial charge in [-0.15, -0.1) is 13.2 Å². The summed E-state index contributed by atoms with van der Waals surface area (Å²) in [4.78, 5) is 25.8. The fraction of sp³-hybridized carbons (Fsp3) is 0.569. The normalized spacial score (nSPS) is 15.5. The Morgan fingerprint density at radius 1 is 0.765 bits per heavy atom. The topological polar surface area (TPSA) is 102 Å². The molecule has 3 aromatic rings. The molecule has 0 unspecified atom stereocenters. The van der Waals surface area contributed by atoms with Gasteiger partial charge in [0, 0.05) is 38.3 Å². The number of halogens is 1. The summed E-state index contributed by atoms with van der Waals surface area (Å²) in [7, 11) is 5.52. The van der Waals surface area contributed by atoms with Crippen molar-refractivity contribution < 1.29 is 35.2 Å². The van der Waals surface area contributed by atoms with E-state index in [1.165, 1.54) is 79.1 Å². The van der Waals surface area contributed by atoms with Crippen LogP contribution in [0.2, 0.25) is 0 Å². The van der Waals surface area contributed by atoms with Crippen molar-refractivity contribution in [2.24, 2.45) is 4.99 Å². The van der Waals surface area contributed by atoms with Gasteiger partial charge < -0.3 is 9.84 Å². The van der Waals surface area contributed by atoms with Gasteiger partial charge >= 0.3 is 71.8 Å². The summed E-state index contributed by atoms with van der Waals surface area (Å²) in [5.41, 5.74) is 7.97. The van der Waals surface area contributed by atoms with Gasteiger partial charge in [-0.1, -0.05) is 95.6 Å². The molecule has 0 heterocycles. The second-order valence-electron chi connectivity index (χ2n) is 18.5. The molecule has 68 heavy (non-hydrogen) atoms. The standard InChI is InChI=1S/C18H33P.C15H14N2O3.C15H26O2.C7H6.C3H8.ClH.Ru/c1-4-10-16(11-5-1)19(17-12-6-2-7-13-17)18-14-8-3-9-15-18;1-10-4-3-5-11(2)15(10)16-9-12-8-13(17(19)20)6-7-14(12)18;1-3-5-7-8-9-10-11-12-13-15(16)17-14-6-4-2;1-7-5-3-2-4-6-7;1-3-2;;/h16-18H,1-15H2;3-9,18H,1-2H3;3-4H,1-2,5-14H2;1-6H;3H2,1-2H3;1H;/q;;;;;;+1. The Bertz CT molecular complexity index is 1810. The van der Waals surface area contributed by atoms with Crippen LogP contribution in [0, 0.1) is 24.0 Å². The number of non-ortho nitro benzene ring substituents is 1. The van der Waals surface area contributed by atoms with Gasteiger partial charge in [-0.3, -0.25) is 19.9 Å². The van der Waals surface area contributed by atoms with Crippen molar-refractivity contribution in [2.75, 3.05) is 6.61 Å². The molecule has 1 N–H and O–H groups in total. The number of esters is 1. The van der Waals surface area contributed by atoms with Crippen LogP contribution in [0.4, 0.5) is 11.4 Å². The minimum absolute atomic E-state index is 0.0365. The molecule has 3 aliphatic rings. The summed E-state index contributed by atoms with van der Waals surface area (Å²) in [6.07, 6.45) is 39.7. The molecule has 6 rings (SSSR count). The molecule has 3 aliphatic carbocycles. The van der Waals surface area contributed by atoms with Crippen molar-refractivity contribution in [1.29, 1.82) is 0 Å². The van der Waals surface area contributed by atoms with Crippen molar-refractivity contribution in [3.63, 3.8) is 0 Å². The third kappa shape index (κ3) is 26.6. The van der Waals surface area contributed by atoms with Crippen molar-refractivity contribution >= 4 is 45.8 Å². The maximum absolute atomic E-state index is 11.2. The number of aliphatic imine (C=N–C) groups is 1. The van der Waals surface area contributed by atoms with Crippen LogP contribution in [-0.2, 0) is 25.2 Å². The average molecular weight is 1060 g/mol.